The molecule has 0 spiro atoms. The van der Waals surface area contributed by atoms with Crippen molar-refractivity contribution in [3.05, 3.63) is 53.3 Å². The van der Waals surface area contributed by atoms with Crippen molar-refractivity contribution in [2.75, 3.05) is 19.0 Å². The van der Waals surface area contributed by atoms with Gasteiger partial charge < -0.3 is 10.2 Å². The average Bonchev–Trinajstić information content (AvgIpc) is 2.50. The summed E-state index contributed by atoms with van der Waals surface area (Å²) < 4.78 is 0. The fraction of sp³-hybridized carbons (Fsp3) is 0.500. The predicted octanol–water partition coefficient (Wildman–Crippen LogP) is 4.12. The van der Waals surface area contributed by atoms with Crippen LogP contribution < -0.4 is 10.2 Å². The van der Waals surface area contributed by atoms with E-state index in [-0.39, 0.29) is 5.41 Å². The summed E-state index contributed by atoms with van der Waals surface area (Å²) in [5, 5.41) is 3.69. The summed E-state index contributed by atoms with van der Waals surface area (Å²) in [4.78, 5) is 11.1. The number of aromatic nitrogens is 2. The molecule has 0 saturated carbocycles. The van der Waals surface area contributed by atoms with E-state index in [0.717, 1.165) is 30.3 Å². The third-order valence-electron chi connectivity index (χ3n) is 3.84. The molecule has 4 nitrogen and oxygen atoms in total. The zero-order valence-electron chi connectivity index (χ0n) is 15.8. The largest absolute Gasteiger partial charge is 0.347 e. The summed E-state index contributed by atoms with van der Waals surface area (Å²) in [6.45, 7) is 9.60. The van der Waals surface area contributed by atoms with Crippen LogP contribution in [0.2, 0.25) is 0 Å². The fourth-order valence-electron chi connectivity index (χ4n) is 2.74. The van der Waals surface area contributed by atoms with Gasteiger partial charge in [0.05, 0.1) is 5.69 Å². The predicted molar refractivity (Wildman–Crippen MR) is 101 cm³/mol. The van der Waals surface area contributed by atoms with Crippen LogP contribution in [0.3, 0.4) is 0 Å². The Balaban J connectivity index is 2.16. The molecule has 4 heteroatoms. The number of hydrogen-bond donors (Lipinski definition) is 1. The average molecular weight is 326 g/mol. The summed E-state index contributed by atoms with van der Waals surface area (Å²) in [5.74, 6) is 0.763. The molecule has 1 N–H and O–H groups in total. The molecule has 1 heterocycles. The maximum absolute atomic E-state index is 4.65. The van der Waals surface area contributed by atoms with E-state index in [1.54, 1.807) is 0 Å². The minimum atomic E-state index is 0.254. The van der Waals surface area contributed by atoms with Gasteiger partial charge in [0.15, 0.2) is 0 Å². The van der Waals surface area contributed by atoms with Crippen molar-refractivity contribution in [1.29, 1.82) is 0 Å². The van der Waals surface area contributed by atoms with Crippen LogP contribution in [0.15, 0.2) is 36.4 Å². The van der Waals surface area contributed by atoms with Gasteiger partial charge in [-0.05, 0) is 30.4 Å². The van der Waals surface area contributed by atoms with E-state index in [1.165, 1.54) is 5.56 Å². The van der Waals surface area contributed by atoms with Crippen LogP contribution in [0.4, 0.5) is 5.95 Å². The molecule has 0 aliphatic rings. The van der Waals surface area contributed by atoms with E-state index < -0.39 is 0 Å². The van der Waals surface area contributed by atoms with Crippen LogP contribution in [0.5, 0.6) is 0 Å². The molecule has 0 aliphatic carbocycles. The molecule has 1 aromatic heterocycles. The van der Waals surface area contributed by atoms with Gasteiger partial charge in [-0.25, -0.2) is 9.97 Å². The highest BCUT2D eigenvalue weighted by Gasteiger charge is 2.20. The molecular weight excluding hydrogens is 296 g/mol. The number of aryl methyl sites for hydroxylation is 1. The molecule has 0 bridgehead atoms. The maximum Gasteiger partial charge on any atom is 0.225 e. The molecular formula is C20H30N4. The van der Waals surface area contributed by atoms with E-state index in [4.69, 9.17) is 0 Å². The molecule has 0 amide bonds. The van der Waals surface area contributed by atoms with Gasteiger partial charge in [-0.1, -0.05) is 51.1 Å². The Hall–Kier alpha value is -1.94. The van der Waals surface area contributed by atoms with E-state index in [1.807, 2.05) is 25.9 Å². The minimum absolute atomic E-state index is 0.254. The molecule has 0 saturated heterocycles. The number of nitrogens with zero attached hydrogens (tertiary/aromatic N) is 3. The van der Waals surface area contributed by atoms with Crippen LogP contribution in [-0.2, 0) is 6.54 Å². The van der Waals surface area contributed by atoms with Crippen LogP contribution in [-0.4, -0.2) is 24.1 Å². The van der Waals surface area contributed by atoms with Gasteiger partial charge in [0.2, 0.25) is 5.95 Å². The topological polar surface area (TPSA) is 41.1 Å². The fourth-order valence-corrected chi connectivity index (χ4v) is 2.74. The Labute approximate surface area is 146 Å². The van der Waals surface area contributed by atoms with Crippen LogP contribution in [0.25, 0.3) is 0 Å². The van der Waals surface area contributed by atoms with Crippen molar-refractivity contribution in [3.8, 4) is 0 Å². The molecule has 2 aromatic rings. The van der Waals surface area contributed by atoms with E-state index in [2.05, 4.69) is 72.5 Å². The Morgan fingerprint density at radius 1 is 1.08 bits per heavy atom. The Morgan fingerprint density at radius 2 is 1.75 bits per heavy atom. The smallest absolute Gasteiger partial charge is 0.225 e. The number of nitrogens with one attached hydrogen (secondary N) is 1. The highest BCUT2D eigenvalue weighted by molar-refractivity contribution is 5.30. The lowest BCUT2D eigenvalue weighted by Gasteiger charge is -2.27. The summed E-state index contributed by atoms with van der Waals surface area (Å²) in [7, 11) is 3.94. The van der Waals surface area contributed by atoms with Crippen molar-refractivity contribution in [3.63, 3.8) is 0 Å². The normalized spacial score (nSPS) is 12.9. The lowest BCUT2D eigenvalue weighted by Crippen LogP contribution is -2.26. The van der Waals surface area contributed by atoms with Gasteiger partial charge in [0.25, 0.3) is 0 Å². The zero-order chi connectivity index (χ0) is 17.7. The first-order valence-corrected chi connectivity index (χ1v) is 8.55. The van der Waals surface area contributed by atoms with Crippen molar-refractivity contribution < 1.29 is 0 Å². The van der Waals surface area contributed by atoms with E-state index in [9.17, 15) is 0 Å². The molecule has 0 unspecified atom stereocenters. The van der Waals surface area contributed by atoms with Crippen molar-refractivity contribution in [2.24, 2.45) is 5.41 Å². The number of anilines is 1. The molecule has 0 radical (unpaired) electrons. The lowest BCUT2D eigenvalue weighted by atomic mass is 9.85. The van der Waals surface area contributed by atoms with Gasteiger partial charge in [-0.15, -0.1) is 0 Å². The molecule has 2 rings (SSSR count). The summed E-state index contributed by atoms with van der Waals surface area (Å²) >= 11 is 0. The van der Waals surface area contributed by atoms with Gasteiger partial charge in [-0.2, -0.15) is 0 Å². The Bertz CT molecular complexity index is 644. The monoisotopic (exact) mass is 326 g/mol. The Kier molecular flexibility index (Phi) is 5.94. The highest BCUT2D eigenvalue weighted by Crippen LogP contribution is 2.29. The van der Waals surface area contributed by atoms with Crippen LogP contribution in [0, 0.1) is 12.3 Å². The Morgan fingerprint density at radius 3 is 2.33 bits per heavy atom. The van der Waals surface area contributed by atoms with Crippen molar-refractivity contribution in [2.45, 2.75) is 46.7 Å². The first-order chi connectivity index (χ1) is 11.2. The van der Waals surface area contributed by atoms with Crippen molar-refractivity contribution >= 4 is 5.95 Å². The van der Waals surface area contributed by atoms with Gasteiger partial charge in [0, 0.05) is 32.4 Å². The maximum atomic E-state index is 4.65. The molecule has 0 fully saturated rings. The highest BCUT2D eigenvalue weighted by atomic mass is 15.2. The SMILES string of the molecule is Cc1cc(CN[C@@H](CC(C)(C)C)c2ccccc2)nc(N(C)C)n1. The number of hydrogen-bond acceptors (Lipinski definition) is 4. The summed E-state index contributed by atoms with van der Waals surface area (Å²) in [6.07, 6.45) is 1.07. The first kappa shape index (κ1) is 18.4. The molecule has 130 valence electrons. The van der Waals surface area contributed by atoms with E-state index in [0.29, 0.717) is 6.04 Å². The molecule has 0 aliphatic heterocycles. The lowest BCUT2D eigenvalue weighted by molar-refractivity contribution is 0.309. The molecule has 1 atom stereocenters. The van der Waals surface area contributed by atoms with Gasteiger partial charge >= 0.3 is 0 Å². The van der Waals surface area contributed by atoms with Gasteiger partial charge in [0.1, 0.15) is 0 Å². The number of rotatable bonds is 6. The second-order valence-corrected chi connectivity index (χ2v) is 7.80. The molecule has 1 aromatic carbocycles. The standard InChI is InChI=1S/C20H30N4/c1-15-12-17(23-19(22-15)24(5)6)14-21-18(13-20(2,3)4)16-10-8-7-9-11-16/h7-12,18,21H,13-14H2,1-6H3/t18-/m0/s1. The van der Waals surface area contributed by atoms with Crippen molar-refractivity contribution in [1.82, 2.24) is 15.3 Å². The summed E-state index contributed by atoms with van der Waals surface area (Å²) in [5.41, 5.74) is 3.61. The second-order valence-electron chi connectivity index (χ2n) is 7.80. The quantitative estimate of drug-likeness (QED) is 0.867. The van der Waals surface area contributed by atoms with Crippen LogP contribution >= 0.6 is 0 Å². The first-order valence-electron chi connectivity index (χ1n) is 8.55. The van der Waals surface area contributed by atoms with Gasteiger partial charge in [-0.3, -0.25) is 0 Å². The second kappa shape index (κ2) is 7.75. The summed E-state index contributed by atoms with van der Waals surface area (Å²) in [6, 6.07) is 13.0. The van der Waals surface area contributed by atoms with Crippen LogP contribution in [0.1, 0.15) is 50.2 Å². The minimum Gasteiger partial charge on any atom is -0.347 e. The van der Waals surface area contributed by atoms with E-state index >= 15 is 0 Å². The molecule has 24 heavy (non-hydrogen) atoms. The zero-order valence-corrected chi connectivity index (χ0v) is 15.8. The number of benzene rings is 1. The third kappa shape index (κ3) is 5.60. The third-order valence-corrected chi connectivity index (χ3v) is 3.84.